The number of carbonyl (C=O) groups is 2. The summed E-state index contributed by atoms with van der Waals surface area (Å²) in [6.07, 6.45) is 0. The summed E-state index contributed by atoms with van der Waals surface area (Å²) in [7, 11) is 1.59. The Morgan fingerprint density at radius 1 is 0.800 bits per heavy atom. The summed E-state index contributed by atoms with van der Waals surface area (Å²) in [6, 6.07) is 31.6. The van der Waals surface area contributed by atoms with Crippen LogP contribution in [0.3, 0.4) is 0 Å². The van der Waals surface area contributed by atoms with Gasteiger partial charge in [-0.1, -0.05) is 83.2 Å². The molecule has 0 fully saturated rings. The summed E-state index contributed by atoms with van der Waals surface area (Å²) >= 11 is 1.17. The highest BCUT2D eigenvalue weighted by Crippen LogP contribution is 2.37. The van der Waals surface area contributed by atoms with Crippen molar-refractivity contribution in [1.29, 1.82) is 0 Å². The van der Waals surface area contributed by atoms with Gasteiger partial charge in [-0.05, 0) is 41.1 Å². The predicted octanol–water partition coefficient (Wildman–Crippen LogP) is 7.13. The van der Waals surface area contributed by atoms with Crippen molar-refractivity contribution in [1.82, 2.24) is 10.1 Å². The zero-order valence-electron chi connectivity index (χ0n) is 21.3. The number of hydrogen-bond donors (Lipinski definition) is 2. The van der Waals surface area contributed by atoms with Crippen LogP contribution in [0.5, 0.6) is 5.75 Å². The number of thiazole rings is 1. The summed E-state index contributed by atoms with van der Waals surface area (Å²) in [6.45, 7) is 0. The van der Waals surface area contributed by atoms with Gasteiger partial charge in [-0.2, -0.15) is 0 Å². The second-order valence-corrected chi connectivity index (χ2v) is 9.80. The Balaban J connectivity index is 1.27. The smallest absolute Gasteiger partial charge is 0.279 e. The third kappa shape index (κ3) is 5.05. The zero-order valence-corrected chi connectivity index (χ0v) is 22.1. The quantitative estimate of drug-likeness (QED) is 0.221. The number of ether oxygens (including phenoxy) is 1. The number of amides is 2. The molecule has 0 aliphatic carbocycles. The molecule has 0 aliphatic heterocycles. The highest BCUT2D eigenvalue weighted by atomic mass is 32.1. The van der Waals surface area contributed by atoms with Gasteiger partial charge < -0.3 is 14.6 Å². The fourth-order valence-corrected chi connectivity index (χ4v) is 5.16. The highest BCUT2D eigenvalue weighted by Gasteiger charge is 2.21. The molecule has 0 radical (unpaired) electrons. The van der Waals surface area contributed by atoms with E-state index >= 15 is 0 Å². The predicted molar refractivity (Wildman–Crippen MR) is 156 cm³/mol. The molecule has 0 aliphatic rings. The van der Waals surface area contributed by atoms with Crippen molar-refractivity contribution in [3.63, 3.8) is 0 Å². The first kappa shape index (κ1) is 25.0. The Kier molecular flexibility index (Phi) is 6.78. The maximum Gasteiger partial charge on any atom is 0.279 e. The monoisotopic (exact) mass is 546 g/mol. The minimum atomic E-state index is -0.483. The third-order valence-electron chi connectivity index (χ3n) is 6.27. The number of nitrogens with zero attached hydrogens (tertiary/aromatic N) is 2. The number of anilines is 2. The van der Waals surface area contributed by atoms with Crippen LogP contribution in [0.2, 0.25) is 0 Å². The molecule has 0 saturated carbocycles. The second kappa shape index (κ2) is 10.8. The third-order valence-corrected chi connectivity index (χ3v) is 7.16. The lowest BCUT2D eigenvalue weighted by molar-refractivity contribution is 0.101. The number of carbonyl (C=O) groups excluding carboxylic acids is 2. The van der Waals surface area contributed by atoms with Crippen molar-refractivity contribution in [3.8, 4) is 28.3 Å². The number of nitrogens with one attached hydrogen (secondary N) is 2. The molecule has 0 atom stereocenters. The van der Waals surface area contributed by atoms with Gasteiger partial charge in [-0.15, -0.1) is 0 Å². The Bertz CT molecular complexity index is 1820. The first-order valence-electron chi connectivity index (χ1n) is 12.4. The van der Waals surface area contributed by atoms with Crippen LogP contribution in [0, 0.1) is 0 Å². The van der Waals surface area contributed by atoms with Gasteiger partial charge in [0.2, 0.25) is 0 Å². The molecule has 2 aromatic heterocycles. The standard InChI is InChI=1S/C31H22N4O4S/c1-38-22-16-14-20(15-17-22)26-18-25(35-39-26)29(37)34-31-32-27(21-9-3-2-4-10-21)30(40-31)33-28(36)24-13-7-11-19-8-5-6-12-23(19)24/h2-18H,1H3,(H,33,36)(H,32,34,37). The second-order valence-electron chi connectivity index (χ2n) is 8.80. The van der Waals surface area contributed by atoms with Gasteiger partial charge >= 0.3 is 0 Å². The molecule has 2 amide bonds. The van der Waals surface area contributed by atoms with E-state index in [1.54, 1.807) is 31.4 Å². The van der Waals surface area contributed by atoms with Gasteiger partial charge in [0.25, 0.3) is 11.8 Å². The fraction of sp³-hybridized carbons (Fsp3) is 0.0323. The molecular formula is C31H22N4O4S. The van der Waals surface area contributed by atoms with E-state index in [9.17, 15) is 9.59 Å². The zero-order chi connectivity index (χ0) is 27.5. The van der Waals surface area contributed by atoms with Crippen molar-refractivity contribution in [2.24, 2.45) is 0 Å². The number of rotatable bonds is 7. The summed E-state index contributed by atoms with van der Waals surface area (Å²) in [5, 5.41) is 12.4. The topological polar surface area (TPSA) is 106 Å². The number of aromatic nitrogens is 2. The van der Waals surface area contributed by atoms with E-state index < -0.39 is 5.91 Å². The normalized spacial score (nSPS) is 10.8. The Morgan fingerprint density at radius 3 is 2.35 bits per heavy atom. The lowest BCUT2D eigenvalue weighted by Gasteiger charge is -2.08. The number of benzene rings is 4. The van der Waals surface area contributed by atoms with E-state index in [-0.39, 0.29) is 11.6 Å². The molecule has 6 aromatic rings. The van der Waals surface area contributed by atoms with Crippen molar-refractivity contribution >= 4 is 44.1 Å². The molecule has 0 spiro atoms. The van der Waals surface area contributed by atoms with E-state index in [1.807, 2.05) is 78.9 Å². The Morgan fingerprint density at radius 2 is 1.55 bits per heavy atom. The SMILES string of the molecule is COc1ccc(-c2cc(C(=O)Nc3nc(-c4ccccc4)c(NC(=O)c4cccc5ccccc45)s3)no2)cc1. The maximum absolute atomic E-state index is 13.4. The van der Waals surface area contributed by atoms with E-state index in [2.05, 4.69) is 20.8 Å². The average molecular weight is 547 g/mol. The van der Waals surface area contributed by atoms with Gasteiger partial charge in [0, 0.05) is 22.8 Å². The largest absolute Gasteiger partial charge is 0.497 e. The van der Waals surface area contributed by atoms with E-state index in [0.717, 1.165) is 21.9 Å². The van der Waals surface area contributed by atoms with Crippen molar-refractivity contribution < 1.29 is 18.8 Å². The van der Waals surface area contributed by atoms with Gasteiger partial charge in [0.1, 0.15) is 16.4 Å². The van der Waals surface area contributed by atoms with E-state index in [4.69, 9.17) is 9.26 Å². The lowest BCUT2D eigenvalue weighted by atomic mass is 10.0. The van der Waals surface area contributed by atoms with Crippen LogP contribution in [0.1, 0.15) is 20.8 Å². The average Bonchev–Trinajstić information content (AvgIpc) is 3.65. The molecule has 6 rings (SSSR count). The molecule has 196 valence electrons. The first-order valence-corrected chi connectivity index (χ1v) is 13.2. The van der Waals surface area contributed by atoms with Crippen LogP contribution < -0.4 is 15.4 Å². The summed E-state index contributed by atoms with van der Waals surface area (Å²) in [5.41, 5.74) is 2.75. The van der Waals surface area contributed by atoms with Crippen molar-refractivity contribution in [3.05, 3.63) is 114 Å². The molecule has 2 heterocycles. The van der Waals surface area contributed by atoms with Crippen molar-refractivity contribution in [2.45, 2.75) is 0 Å². The summed E-state index contributed by atoms with van der Waals surface area (Å²) in [5.74, 6) is 0.405. The van der Waals surface area contributed by atoms with E-state index in [1.165, 1.54) is 11.3 Å². The molecule has 0 bridgehead atoms. The molecule has 0 saturated heterocycles. The molecule has 0 unspecified atom stereocenters. The van der Waals surface area contributed by atoms with Crippen LogP contribution in [0.25, 0.3) is 33.4 Å². The van der Waals surface area contributed by atoms with Crippen LogP contribution in [-0.4, -0.2) is 29.1 Å². The molecule has 2 N–H and O–H groups in total. The fourth-order valence-electron chi connectivity index (χ4n) is 4.28. The van der Waals surface area contributed by atoms with Gasteiger partial charge in [0.15, 0.2) is 16.6 Å². The number of fused-ring (bicyclic) bond motifs is 1. The van der Waals surface area contributed by atoms with Crippen LogP contribution in [-0.2, 0) is 0 Å². The molecular weight excluding hydrogens is 524 g/mol. The Hall–Kier alpha value is -5.28. The number of hydrogen-bond acceptors (Lipinski definition) is 7. The van der Waals surface area contributed by atoms with Crippen LogP contribution in [0.4, 0.5) is 10.1 Å². The Labute approximate surface area is 233 Å². The molecule has 8 nitrogen and oxygen atoms in total. The van der Waals surface area contributed by atoms with Crippen LogP contribution in [0.15, 0.2) is 108 Å². The summed E-state index contributed by atoms with van der Waals surface area (Å²) < 4.78 is 10.6. The van der Waals surface area contributed by atoms with Crippen molar-refractivity contribution in [2.75, 3.05) is 17.7 Å². The van der Waals surface area contributed by atoms with Crippen LogP contribution >= 0.6 is 11.3 Å². The van der Waals surface area contributed by atoms with Gasteiger partial charge in [0.05, 0.1) is 7.11 Å². The minimum Gasteiger partial charge on any atom is -0.497 e. The van der Waals surface area contributed by atoms with E-state index in [0.29, 0.717) is 32.9 Å². The first-order chi connectivity index (χ1) is 19.6. The van der Waals surface area contributed by atoms with Gasteiger partial charge in [-0.3, -0.25) is 14.9 Å². The van der Waals surface area contributed by atoms with Gasteiger partial charge in [-0.25, -0.2) is 4.98 Å². The lowest BCUT2D eigenvalue weighted by Crippen LogP contribution is -2.12. The maximum atomic E-state index is 13.4. The molecule has 4 aromatic carbocycles. The molecule has 9 heteroatoms. The highest BCUT2D eigenvalue weighted by molar-refractivity contribution is 7.20. The molecule has 40 heavy (non-hydrogen) atoms. The number of methoxy groups -OCH3 is 1. The summed E-state index contributed by atoms with van der Waals surface area (Å²) in [4.78, 5) is 31.1. The minimum absolute atomic E-state index is 0.101.